The smallest absolute Gasteiger partial charge is 0.404 e. The summed E-state index contributed by atoms with van der Waals surface area (Å²) in [4.78, 5) is 10.9. The van der Waals surface area contributed by atoms with Gasteiger partial charge < -0.3 is 4.74 Å². The summed E-state index contributed by atoms with van der Waals surface area (Å²) < 4.78 is 73.3. The highest BCUT2D eigenvalue weighted by Crippen LogP contribution is 2.33. The van der Waals surface area contributed by atoms with E-state index in [0.29, 0.717) is 53.4 Å². The zero-order valence-electron chi connectivity index (χ0n) is 20.9. The Labute approximate surface area is 214 Å². The number of hydrogen-bond donors (Lipinski definition) is 1. The standard InChI is InChI=1S/C26H30F3N3O4S/c1-4-6-14-25(3,31-37(34,35)18-26(27,28)29)21-9-7-8-20(15-21)23-16-24(32(5-2)30-23)36-22-12-10-19(17-33)11-13-22/h7-13,15-17,31H,4-6,14,18H2,1-3H3. The van der Waals surface area contributed by atoms with Crippen molar-refractivity contribution in [2.45, 2.75) is 58.3 Å². The Morgan fingerprint density at radius 3 is 2.38 bits per heavy atom. The van der Waals surface area contributed by atoms with Crippen molar-refractivity contribution in [1.29, 1.82) is 0 Å². The topological polar surface area (TPSA) is 90.3 Å². The Balaban J connectivity index is 1.95. The van der Waals surface area contributed by atoms with E-state index < -0.39 is 27.5 Å². The number of ether oxygens (including phenoxy) is 1. The highest BCUT2D eigenvalue weighted by atomic mass is 32.2. The first-order valence-electron chi connectivity index (χ1n) is 11.9. The Morgan fingerprint density at radius 2 is 1.78 bits per heavy atom. The number of aldehydes is 1. The molecule has 11 heteroatoms. The molecule has 0 saturated carbocycles. The van der Waals surface area contributed by atoms with Gasteiger partial charge in [-0.25, -0.2) is 17.8 Å². The molecule has 0 aliphatic rings. The van der Waals surface area contributed by atoms with E-state index in [1.54, 1.807) is 66.2 Å². The number of halogens is 3. The van der Waals surface area contributed by atoms with Gasteiger partial charge in [-0.1, -0.05) is 38.0 Å². The third-order valence-corrected chi connectivity index (χ3v) is 7.31. The Bertz CT molecular complexity index is 1320. The quantitative estimate of drug-likeness (QED) is 0.284. The van der Waals surface area contributed by atoms with Gasteiger partial charge in [0.1, 0.15) is 12.0 Å². The second-order valence-electron chi connectivity index (χ2n) is 8.97. The minimum absolute atomic E-state index is 0.318. The molecule has 0 saturated heterocycles. The zero-order chi connectivity index (χ0) is 27.3. The molecule has 0 spiro atoms. The molecular formula is C26H30F3N3O4S. The van der Waals surface area contributed by atoms with Gasteiger partial charge in [-0.05, 0) is 56.2 Å². The fraction of sp³-hybridized carbons (Fsp3) is 0.385. The number of sulfonamides is 1. The van der Waals surface area contributed by atoms with Crippen molar-refractivity contribution < 1.29 is 31.1 Å². The molecule has 200 valence electrons. The number of alkyl halides is 3. The van der Waals surface area contributed by atoms with Crippen LogP contribution in [0.3, 0.4) is 0 Å². The van der Waals surface area contributed by atoms with Gasteiger partial charge >= 0.3 is 6.18 Å². The SMILES string of the molecule is CCCCC(C)(NS(=O)(=O)CC(F)(F)F)c1cccc(-c2cc(Oc3ccc(C=O)cc3)n(CC)n2)c1. The van der Waals surface area contributed by atoms with Gasteiger partial charge in [-0.3, -0.25) is 4.79 Å². The average Bonchev–Trinajstić information content (AvgIpc) is 3.24. The highest BCUT2D eigenvalue weighted by molar-refractivity contribution is 7.89. The van der Waals surface area contributed by atoms with Gasteiger partial charge in [0.15, 0.2) is 5.75 Å². The number of rotatable bonds is 12. The summed E-state index contributed by atoms with van der Waals surface area (Å²) in [6, 6.07) is 15.3. The number of carbonyl (C=O) groups excluding carboxylic acids is 1. The van der Waals surface area contributed by atoms with Crippen molar-refractivity contribution in [2.24, 2.45) is 0 Å². The summed E-state index contributed by atoms with van der Waals surface area (Å²) >= 11 is 0. The van der Waals surface area contributed by atoms with Crippen LogP contribution < -0.4 is 9.46 Å². The van der Waals surface area contributed by atoms with Gasteiger partial charge in [0.25, 0.3) is 0 Å². The maximum Gasteiger partial charge on any atom is 0.404 e. The highest BCUT2D eigenvalue weighted by Gasteiger charge is 2.39. The Morgan fingerprint density at radius 1 is 1.08 bits per heavy atom. The lowest BCUT2D eigenvalue weighted by Crippen LogP contribution is -2.46. The summed E-state index contributed by atoms with van der Waals surface area (Å²) in [5, 5.41) is 4.59. The molecule has 0 amide bonds. The fourth-order valence-electron chi connectivity index (χ4n) is 3.99. The number of aromatic nitrogens is 2. The van der Waals surface area contributed by atoms with Crippen LogP contribution in [0.1, 0.15) is 56.0 Å². The van der Waals surface area contributed by atoms with Crippen LogP contribution in [0, 0.1) is 0 Å². The van der Waals surface area contributed by atoms with Gasteiger partial charge in [0.2, 0.25) is 15.9 Å². The van der Waals surface area contributed by atoms with E-state index >= 15 is 0 Å². The minimum atomic E-state index is -4.85. The molecule has 1 aromatic heterocycles. The number of unbranched alkanes of at least 4 members (excludes halogenated alkanes) is 1. The van der Waals surface area contributed by atoms with E-state index in [-0.39, 0.29) is 0 Å². The van der Waals surface area contributed by atoms with Crippen molar-refractivity contribution in [2.75, 3.05) is 5.75 Å². The molecule has 0 fully saturated rings. The van der Waals surface area contributed by atoms with Gasteiger partial charge in [-0.2, -0.15) is 18.3 Å². The molecule has 0 radical (unpaired) electrons. The van der Waals surface area contributed by atoms with E-state index in [0.717, 1.165) is 12.7 Å². The van der Waals surface area contributed by atoms with E-state index in [1.165, 1.54) is 0 Å². The minimum Gasteiger partial charge on any atom is -0.439 e. The average molecular weight is 538 g/mol. The third-order valence-electron chi connectivity index (χ3n) is 5.84. The van der Waals surface area contributed by atoms with Crippen LogP contribution in [-0.4, -0.2) is 36.4 Å². The predicted molar refractivity (Wildman–Crippen MR) is 135 cm³/mol. The van der Waals surface area contributed by atoms with Crippen LogP contribution in [0.4, 0.5) is 13.2 Å². The molecular weight excluding hydrogens is 507 g/mol. The van der Waals surface area contributed by atoms with Gasteiger partial charge in [0, 0.05) is 23.7 Å². The first kappa shape index (κ1) is 28.4. The van der Waals surface area contributed by atoms with Gasteiger partial charge in [0.05, 0.1) is 11.2 Å². The molecule has 0 aliphatic carbocycles. The summed E-state index contributed by atoms with van der Waals surface area (Å²) in [6.07, 6.45) is -2.44. The monoisotopic (exact) mass is 537 g/mol. The molecule has 1 atom stereocenters. The lowest BCUT2D eigenvalue weighted by atomic mass is 9.87. The molecule has 1 heterocycles. The third kappa shape index (κ3) is 7.65. The zero-order valence-corrected chi connectivity index (χ0v) is 21.7. The lowest BCUT2D eigenvalue weighted by molar-refractivity contribution is -0.106. The number of carbonyl (C=O) groups is 1. The van der Waals surface area contributed by atoms with Crippen LogP contribution >= 0.6 is 0 Å². The van der Waals surface area contributed by atoms with Crippen molar-refractivity contribution in [3.05, 3.63) is 65.7 Å². The van der Waals surface area contributed by atoms with E-state index in [2.05, 4.69) is 9.82 Å². The van der Waals surface area contributed by atoms with Crippen LogP contribution in [0.15, 0.2) is 54.6 Å². The normalized spacial score (nSPS) is 13.8. The molecule has 37 heavy (non-hydrogen) atoms. The van der Waals surface area contributed by atoms with Crippen LogP contribution in [0.25, 0.3) is 11.3 Å². The number of nitrogens with one attached hydrogen (secondary N) is 1. The molecule has 1 N–H and O–H groups in total. The first-order chi connectivity index (χ1) is 17.4. The van der Waals surface area contributed by atoms with Gasteiger partial charge in [-0.15, -0.1) is 0 Å². The maximum absolute atomic E-state index is 12.9. The number of nitrogens with zero attached hydrogens (tertiary/aromatic N) is 2. The Kier molecular flexibility index (Phi) is 8.80. The van der Waals surface area contributed by atoms with Crippen molar-refractivity contribution in [3.8, 4) is 22.9 Å². The Hall–Kier alpha value is -3.18. The summed E-state index contributed by atoms with van der Waals surface area (Å²) in [6.45, 7) is 5.92. The lowest BCUT2D eigenvalue weighted by Gasteiger charge is -2.32. The van der Waals surface area contributed by atoms with Crippen molar-refractivity contribution in [1.82, 2.24) is 14.5 Å². The van der Waals surface area contributed by atoms with E-state index in [9.17, 15) is 26.4 Å². The molecule has 0 aliphatic heterocycles. The van der Waals surface area contributed by atoms with Crippen LogP contribution in [0.5, 0.6) is 11.6 Å². The van der Waals surface area contributed by atoms with Crippen LogP contribution in [-0.2, 0) is 22.1 Å². The maximum atomic E-state index is 12.9. The summed E-state index contributed by atoms with van der Waals surface area (Å²) in [5.74, 6) is -0.968. The molecule has 3 aromatic rings. The first-order valence-corrected chi connectivity index (χ1v) is 13.5. The van der Waals surface area contributed by atoms with Crippen molar-refractivity contribution >= 4 is 16.3 Å². The summed E-state index contributed by atoms with van der Waals surface area (Å²) in [5.41, 5.74) is 1.01. The molecule has 2 aromatic carbocycles. The van der Waals surface area contributed by atoms with E-state index in [1.807, 2.05) is 13.8 Å². The fourth-order valence-corrected chi connectivity index (χ4v) is 5.40. The van der Waals surface area contributed by atoms with Crippen molar-refractivity contribution in [3.63, 3.8) is 0 Å². The largest absolute Gasteiger partial charge is 0.439 e. The van der Waals surface area contributed by atoms with E-state index in [4.69, 9.17) is 4.74 Å². The molecule has 7 nitrogen and oxygen atoms in total. The number of aryl methyl sites for hydroxylation is 1. The van der Waals surface area contributed by atoms with Crippen LogP contribution in [0.2, 0.25) is 0 Å². The molecule has 0 bridgehead atoms. The molecule has 3 rings (SSSR count). The number of hydrogen-bond acceptors (Lipinski definition) is 5. The predicted octanol–water partition coefficient (Wildman–Crippen LogP) is 6.06. The summed E-state index contributed by atoms with van der Waals surface area (Å²) in [7, 11) is -4.64. The second kappa shape index (κ2) is 11.5. The molecule has 1 unspecified atom stereocenters. The number of benzene rings is 2. The second-order valence-corrected chi connectivity index (χ2v) is 10.7.